The van der Waals surface area contributed by atoms with E-state index in [9.17, 15) is 18.0 Å². The minimum atomic E-state index is -3.23. The first-order chi connectivity index (χ1) is 10.7. The van der Waals surface area contributed by atoms with Crippen molar-refractivity contribution in [2.75, 3.05) is 13.3 Å². The number of carboxylic acid groups (broad SMARTS) is 1. The lowest BCUT2D eigenvalue weighted by Gasteiger charge is -2.37. The quantitative estimate of drug-likeness (QED) is 0.903. The Morgan fingerprint density at radius 3 is 2.13 bits per heavy atom. The molecule has 1 aromatic rings. The van der Waals surface area contributed by atoms with Gasteiger partial charge in [-0.2, -0.15) is 0 Å². The molecule has 0 aromatic heterocycles. The summed E-state index contributed by atoms with van der Waals surface area (Å²) in [6.07, 6.45) is 4.19. The third-order valence-corrected chi connectivity index (χ3v) is 6.06. The van der Waals surface area contributed by atoms with Crippen LogP contribution in [0.15, 0.2) is 24.3 Å². The maximum atomic E-state index is 12.6. The van der Waals surface area contributed by atoms with Crippen LogP contribution < -0.4 is 0 Å². The molecule has 126 valence electrons. The van der Waals surface area contributed by atoms with E-state index in [0.29, 0.717) is 18.4 Å². The van der Waals surface area contributed by atoms with Gasteiger partial charge in [-0.05, 0) is 37.1 Å². The number of benzene rings is 1. The van der Waals surface area contributed by atoms with Gasteiger partial charge in [0.25, 0.3) is 5.91 Å². The van der Waals surface area contributed by atoms with Crippen molar-refractivity contribution in [2.45, 2.75) is 37.0 Å². The topological polar surface area (TPSA) is 91.8 Å². The lowest BCUT2D eigenvalue weighted by Crippen LogP contribution is -2.49. The highest BCUT2D eigenvalue weighted by Gasteiger charge is 2.37. The van der Waals surface area contributed by atoms with Crippen molar-refractivity contribution < 1.29 is 23.1 Å². The fourth-order valence-corrected chi connectivity index (χ4v) is 4.61. The zero-order chi connectivity index (χ0) is 17.2. The van der Waals surface area contributed by atoms with E-state index < -0.39 is 21.1 Å². The molecule has 2 unspecified atom stereocenters. The van der Waals surface area contributed by atoms with Crippen LogP contribution in [0.3, 0.4) is 0 Å². The van der Waals surface area contributed by atoms with Crippen LogP contribution in [0.5, 0.6) is 0 Å². The molecule has 1 N–H and O–H groups in total. The lowest BCUT2D eigenvalue weighted by atomic mass is 9.93. The van der Waals surface area contributed by atoms with Crippen molar-refractivity contribution in [3.05, 3.63) is 35.4 Å². The molecule has 0 spiro atoms. The molecule has 2 rings (SSSR count). The first-order valence-corrected chi connectivity index (χ1v) is 9.46. The molecule has 6 nitrogen and oxygen atoms in total. The molecule has 0 aliphatic heterocycles. The van der Waals surface area contributed by atoms with Gasteiger partial charge in [-0.15, -0.1) is 0 Å². The maximum absolute atomic E-state index is 12.6. The zero-order valence-corrected chi connectivity index (χ0v) is 14.0. The van der Waals surface area contributed by atoms with Crippen LogP contribution in [0, 0.1) is 0 Å². The minimum absolute atomic E-state index is 0.107. The number of nitrogens with zero attached hydrogens (tertiary/aromatic N) is 1. The molecule has 1 aromatic carbocycles. The number of hydrogen-bond acceptors (Lipinski definition) is 4. The summed E-state index contributed by atoms with van der Waals surface area (Å²) >= 11 is 0. The number of carbonyl (C=O) groups excluding carboxylic acids is 1. The van der Waals surface area contributed by atoms with Gasteiger partial charge in [0.05, 0.1) is 10.8 Å². The van der Waals surface area contributed by atoms with Crippen molar-refractivity contribution >= 4 is 21.7 Å². The van der Waals surface area contributed by atoms with Crippen LogP contribution in [-0.2, 0) is 9.84 Å². The Balaban J connectivity index is 2.22. The highest BCUT2D eigenvalue weighted by molar-refractivity contribution is 7.91. The smallest absolute Gasteiger partial charge is 0.335 e. The molecule has 2 atom stereocenters. The Morgan fingerprint density at radius 2 is 1.61 bits per heavy atom. The van der Waals surface area contributed by atoms with E-state index in [2.05, 4.69) is 0 Å². The van der Waals surface area contributed by atoms with Crippen LogP contribution in [0.25, 0.3) is 0 Å². The number of amides is 1. The van der Waals surface area contributed by atoms with E-state index in [1.54, 1.807) is 7.05 Å². The average molecular weight is 339 g/mol. The summed E-state index contributed by atoms with van der Waals surface area (Å²) in [5.41, 5.74) is 0.464. The predicted molar refractivity (Wildman–Crippen MR) is 86.4 cm³/mol. The highest BCUT2D eigenvalue weighted by atomic mass is 32.2. The van der Waals surface area contributed by atoms with Gasteiger partial charge in [0.15, 0.2) is 9.84 Å². The second-order valence-corrected chi connectivity index (χ2v) is 8.28. The molecule has 1 fully saturated rings. The minimum Gasteiger partial charge on any atom is -0.478 e. The first kappa shape index (κ1) is 17.5. The molecule has 7 heteroatoms. The van der Waals surface area contributed by atoms with Crippen molar-refractivity contribution in [3.8, 4) is 0 Å². The molecule has 1 aliphatic rings. The standard InChI is InChI=1S/C16H21NO5S/c1-17(13-5-3-4-6-14(13)23(2,21)22)15(18)11-7-9-12(10-8-11)16(19)20/h7-10,13-14H,3-6H2,1-2H3,(H,19,20). The summed E-state index contributed by atoms with van der Waals surface area (Å²) in [6.45, 7) is 0. The molecule has 0 radical (unpaired) electrons. The van der Waals surface area contributed by atoms with E-state index in [1.165, 1.54) is 35.4 Å². The Bertz CT molecular complexity index is 696. The summed E-state index contributed by atoms with van der Waals surface area (Å²) < 4.78 is 24.0. The van der Waals surface area contributed by atoms with E-state index in [4.69, 9.17) is 5.11 Å². The number of carboxylic acids is 1. The highest BCUT2D eigenvalue weighted by Crippen LogP contribution is 2.28. The maximum Gasteiger partial charge on any atom is 0.335 e. The molecule has 23 heavy (non-hydrogen) atoms. The van der Waals surface area contributed by atoms with Crippen LogP contribution in [-0.4, -0.2) is 54.9 Å². The van der Waals surface area contributed by atoms with Crippen LogP contribution in [0.2, 0.25) is 0 Å². The molecule has 0 heterocycles. The van der Waals surface area contributed by atoms with Gasteiger partial charge < -0.3 is 10.0 Å². The Kier molecular flexibility index (Phi) is 5.09. The van der Waals surface area contributed by atoms with E-state index in [-0.39, 0.29) is 17.5 Å². The molecule has 1 saturated carbocycles. The summed E-state index contributed by atoms with van der Waals surface area (Å²) in [7, 11) is -1.61. The van der Waals surface area contributed by atoms with E-state index in [1.807, 2.05) is 0 Å². The molecule has 0 saturated heterocycles. The SMILES string of the molecule is CN(C(=O)c1ccc(C(=O)O)cc1)C1CCCCC1S(C)(=O)=O. The van der Waals surface area contributed by atoms with Crippen LogP contribution in [0.4, 0.5) is 0 Å². The fraction of sp³-hybridized carbons (Fsp3) is 0.500. The van der Waals surface area contributed by atoms with Crippen LogP contribution >= 0.6 is 0 Å². The summed E-state index contributed by atoms with van der Waals surface area (Å²) in [6, 6.07) is 5.32. The van der Waals surface area contributed by atoms with Gasteiger partial charge in [-0.1, -0.05) is 12.8 Å². The number of hydrogen-bond donors (Lipinski definition) is 1. The summed E-state index contributed by atoms with van der Waals surface area (Å²) in [4.78, 5) is 24.9. The van der Waals surface area contributed by atoms with Gasteiger partial charge in [0.2, 0.25) is 0 Å². The summed E-state index contributed by atoms with van der Waals surface area (Å²) in [5.74, 6) is -1.34. The number of rotatable bonds is 4. The normalized spacial score (nSPS) is 21.7. The van der Waals surface area contributed by atoms with Gasteiger partial charge in [-0.25, -0.2) is 13.2 Å². The second-order valence-electron chi connectivity index (χ2n) is 6.02. The molecular weight excluding hydrogens is 318 g/mol. The summed E-state index contributed by atoms with van der Waals surface area (Å²) in [5, 5.41) is 8.35. The number of carbonyl (C=O) groups is 2. The molecule has 1 amide bonds. The Morgan fingerprint density at radius 1 is 1.09 bits per heavy atom. The number of aromatic carboxylic acids is 1. The third-order valence-electron chi connectivity index (χ3n) is 4.41. The Hall–Kier alpha value is -1.89. The average Bonchev–Trinajstić information content (AvgIpc) is 2.52. The number of sulfone groups is 1. The van der Waals surface area contributed by atoms with Crippen molar-refractivity contribution in [1.29, 1.82) is 0 Å². The molecule has 0 bridgehead atoms. The Labute approximate surface area is 136 Å². The van der Waals surface area contributed by atoms with Crippen molar-refractivity contribution in [1.82, 2.24) is 4.90 Å². The lowest BCUT2D eigenvalue weighted by molar-refractivity contribution is 0.0684. The monoisotopic (exact) mass is 339 g/mol. The van der Waals surface area contributed by atoms with Crippen molar-refractivity contribution in [2.24, 2.45) is 0 Å². The van der Waals surface area contributed by atoms with E-state index in [0.717, 1.165) is 12.8 Å². The van der Waals surface area contributed by atoms with Gasteiger partial charge in [0, 0.05) is 24.9 Å². The molecular formula is C16H21NO5S. The largest absolute Gasteiger partial charge is 0.478 e. The second kappa shape index (κ2) is 6.70. The van der Waals surface area contributed by atoms with Gasteiger partial charge in [0.1, 0.15) is 0 Å². The van der Waals surface area contributed by atoms with Crippen LogP contribution in [0.1, 0.15) is 46.4 Å². The fourth-order valence-electron chi connectivity index (χ4n) is 3.13. The van der Waals surface area contributed by atoms with Crippen molar-refractivity contribution in [3.63, 3.8) is 0 Å². The predicted octanol–water partition coefficient (Wildman–Crippen LogP) is 1.81. The molecule has 1 aliphatic carbocycles. The van der Waals surface area contributed by atoms with Gasteiger partial charge in [-0.3, -0.25) is 4.79 Å². The third kappa shape index (κ3) is 3.90. The first-order valence-electron chi connectivity index (χ1n) is 7.51. The van der Waals surface area contributed by atoms with E-state index >= 15 is 0 Å². The van der Waals surface area contributed by atoms with Gasteiger partial charge >= 0.3 is 5.97 Å². The zero-order valence-electron chi connectivity index (χ0n) is 13.2.